The van der Waals surface area contributed by atoms with Crippen molar-refractivity contribution in [2.75, 3.05) is 21.3 Å². The first-order valence-corrected chi connectivity index (χ1v) is 12.2. The fraction of sp³-hybridized carbons (Fsp3) is 0.333. The molecule has 12 heteroatoms. The van der Waals surface area contributed by atoms with Crippen LogP contribution in [0.4, 0.5) is 14.5 Å². The van der Waals surface area contributed by atoms with Crippen LogP contribution >= 0.6 is 0 Å². The van der Waals surface area contributed by atoms with Crippen LogP contribution < -0.4 is 14.2 Å². The summed E-state index contributed by atoms with van der Waals surface area (Å²) in [7, 11) is 5.83. The van der Waals surface area contributed by atoms with Gasteiger partial charge in [-0.25, -0.2) is 8.78 Å². The van der Waals surface area contributed by atoms with Gasteiger partial charge < -0.3 is 14.2 Å². The lowest BCUT2D eigenvalue weighted by atomic mass is 9.81. The number of methoxy groups -OCH3 is 3. The Balaban J connectivity index is 1.63. The highest BCUT2D eigenvalue weighted by atomic mass is 19.1. The third kappa shape index (κ3) is 4.55. The molecule has 2 aromatic heterocycles. The zero-order valence-electron chi connectivity index (χ0n) is 21.9. The van der Waals surface area contributed by atoms with Crippen LogP contribution in [0, 0.1) is 21.7 Å². The predicted molar refractivity (Wildman–Crippen MR) is 137 cm³/mol. The van der Waals surface area contributed by atoms with Crippen LogP contribution in [-0.2, 0) is 26.4 Å². The van der Waals surface area contributed by atoms with Crippen molar-refractivity contribution < 1.29 is 27.9 Å². The van der Waals surface area contributed by atoms with Gasteiger partial charge in [-0.1, -0.05) is 12.1 Å². The van der Waals surface area contributed by atoms with Gasteiger partial charge in [-0.2, -0.15) is 10.2 Å². The van der Waals surface area contributed by atoms with Gasteiger partial charge in [0.25, 0.3) is 0 Å². The van der Waals surface area contributed by atoms with E-state index in [1.165, 1.54) is 31.2 Å². The fourth-order valence-corrected chi connectivity index (χ4v) is 5.25. The lowest BCUT2D eigenvalue weighted by Crippen LogP contribution is -2.19. The number of rotatable bonds is 8. The van der Waals surface area contributed by atoms with Gasteiger partial charge >= 0.3 is 5.69 Å². The van der Waals surface area contributed by atoms with E-state index in [4.69, 9.17) is 19.3 Å². The Morgan fingerprint density at radius 1 is 1.08 bits per heavy atom. The van der Waals surface area contributed by atoms with Crippen LogP contribution in [0.2, 0.25) is 0 Å². The smallest absolute Gasteiger partial charge is 0.316 e. The fourth-order valence-electron chi connectivity index (χ4n) is 5.25. The van der Waals surface area contributed by atoms with Crippen LogP contribution in [0.15, 0.2) is 36.5 Å². The number of halogens is 2. The molecule has 4 aromatic rings. The largest absolute Gasteiger partial charge is 0.497 e. The molecule has 0 N–H and O–H groups in total. The predicted octanol–water partition coefficient (Wildman–Crippen LogP) is 4.82. The Morgan fingerprint density at radius 2 is 1.74 bits per heavy atom. The molecule has 0 spiro atoms. The van der Waals surface area contributed by atoms with Crippen molar-refractivity contribution in [3.63, 3.8) is 0 Å². The van der Waals surface area contributed by atoms with Gasteiger partial charge in [0.05, 0.1) is 32.8 Å². The highest BCUT2D eigenvalue weighted by Crippen LogP contribution is 2.44. The number of fused-ring (bicyclic) bond motifs is 1. The number of benzene rings is 2. The lowest BCUT2D eigenvalue weighted by Gasteiger charge is -2.26. The molecule has 0 fully saturated rings. The second-order valence-corrected chi connectivity index (χ2v) is 9.30. The van der Waals surface area contributed by atoms with Gasteiger partial charge in [-0.15, -0.1) is 0 Å². The molecule has 10 nitrogen and oxygen atoms in total. The van der Waals surface area contributed by atoms with E-state index < -0.39 is 22.5 Å². The van der Waals surface area contributed by atoms with E-state index in [1.54, 1.807) is 18.8 Å². The van der Waals surface area contributed by atoms with E-state index in [9.17, 15) is 10.1 Å². The van der Waals surface area contributed by atoms with Crippen molar-refractivity contribution in [1.29, 1.82) is 0 Å². The van der Waals surface area contributed by atoms with Crippen molar-refractivity contribution in [3.8, 4) is 28.6 Å². The molecule has 0 amide bonds. The van der Waals surface area contributed by atoms with E-state index in [1.807, 2.05) is 24.3 Å². The second kappa shape index (κ2) is 10.4. The van der Waals surface area contributed by atoms with Crippen LogP contribution in [0.1, 0.15) is 34.7 Å². The number of aromatic nitrogens is 4. The zero-order valence-corrected chi connectivity index (χ0v) is 21.9. The van der Waals surface area contributed by atoms with E-state index in [0.717, 1.165) is 16.8 Å². The maximum absolute atomic E-state index is 15.4. The van der Waals surface area contributed by atoms with E-state index >= 15 is 8.78 Å². The molecule has 1 aliphatic rings. The van der Waals surface area contributed by atoms with Gasteiger partial charge in [-0.3, -0.25) is 19.5 Å². The minimum Gasteiger partial charge on any atom is -0.497 e. The average molecular weight is 540 g/mol. The van der Waals surface area contributed by atoms with Gasteiger partial charge in [-0.05, 0) is 42.9 Å². The molecule has 0 radical (unpaired) electrons. The Labute approximate surface area is 222 Å². The molecule has 1 aliphatic carbocycles. The zero-order chi connectivity index (χ0) is 27.8. The van der Waals surface area contributed by atoms with Crippen LogP contribution in [0.5, 0.6) is 17.2 Å². The molecule has 2 heterocycles. The first-order valence-electron chi connectivity index (χ1n) is 12.2. The molecule has 204 valence electrons. The summed E-state index contributed by atoms with van der Waals surface area (Å²) >= 11 is 0. The standard InChI is InChI=1S/C27H27F2N5O5/c1-32-27(20(13-30-32)34(35)36)26-18-10-7-16(23-24(28)21(38-3)12-22(39-4)25(23)29)11-19(18)33(31-26)14-15-5-8-17(37-2)9-6-15/h5-6,8-9,12-13,16H,7,10-11,14H2,1-4H3. The molecule has 1 atom stereocenters. The van der Waals surface area contributed by atoms with Gasteiger partial charge in [0.1, 0.15) is 17.6 Å². The van der Waals surface area contributed by atoms with Gasteiger partial charge in [0.15, 0.2) is 28.8 Å². The van der Waals surface area contributed by atoms with Crippen LogP contribution in [0.3, 0.4) is 0 Å². The quantitative estimate of drug-likeness (QED) is 0.234. The second-order valence-electron chi connectivity index (χ2n) is 9.30. The van der Waals surface area contributed by atoms with E-state index in [-0.39, 0.29) is 34.9 Å². The molecule has 5 rings (SSSR count). The van der Waals surface area contributed by atoms with Crippen molar-refractivity contribution in [2.45, 2.75) is 31.7 Å². The average Bonchev–Trinajstić information content (AvgIpc) is 3.49. The molecule has 0 saturated heterocycles. The third-order valence-corrected chi connectivity index (χ3v) is 7.20. The van der Waals surface area contributed by atoms with Crippen LogP contribution in [-0.4, -0.2) is 45.8 Å². The summed E-state index contributed by atoms with van der Waals surface area (Å²) in [4.78, 5) is 11.3. The van der Waals surface area contributed by atoms with Gasteiger partial charge in [0.2, 0.25) is 0 Å². The molecular weight excluding hydrogens is 512 g/mol. The molecule has 0 bridgehead atoms. The van der Waals surface area contributed by atoms with Crippen molar-refractivity contribution >= 4 is 5.69 Å². The Kier molecular flexibility index (Phi) is 6.94. The maximum Gasteiger partial charge on any atom is 0.316 e. The maximum atomic E-state index is 15.4. The summed E-state index contributed by atoms with van der Waals surface area (Å²) in [5.74, 6) is -1.59. The molecule has 0 saturated carbocycles. The minimum absolute atomic E-state index is 0.105. The van der Waals surface area contributed by atoms with Crippen molar-refractivity contribution in [3.05, 3.63) is 80.7 Å². The third-order valence-electron chi connectivity index (χ3n) is 7.20. The number of hydrogen-bond donors (Lipinski definition) is 0. The van der Waals surface area contributed by atoms with Crippen molar-refractivity contribution in [2.24, 2.45) is 7.05 Å². The number of ether oxygens (including phenoxy) is 3. The SMILES string of the molecule is COc1ccc(Cn2nc(-c3c([N+](=O)[O-])cnn3C)c3c2CC(c2c(F)c(OC)cc(OC)c2F)CC3)cc1. The Morgan fingerprint density at radius 3 is 2.33 bits per heavy atom. The summed E-state index contributed by atoms with van der Waals surface area (Å²) in [5.41, 5.74) is 2.90. The van der Waals surface area contributed by atoms with E-state index in [2.05, 4.69) is 5.10 Å². The van der Waals surface area contributed by atoms with Crippen LogP contribution in [0.25, 0.3) is 11.4 Å². The highest BCUT2D eigenvalue weighted by molar-refractivity contribution is 5.70. The topological polar surface area (TPSA) is 106 Å². The molecule has 39 heavy (non-hydrogen) atoms. The summed E-state index contributed by atoms with van der Waals surface area (Å²) in [6.07, 6.45) is 2.25. The molecule has 0 aliphatic heterocycles. The number of nitrogens with zero attached hydrogens (tertiary/aromatic N) is 5. The first kappa shape index (κ1) is 26.1. The highest BCUT2D eigenvalue weighted by Gasteiger charge is 2.35. The summed E-state index contributed by atoms with van der Waals surface area (Å²) < 4.78 is 49.5. The number of aryl methyl sites for hydroxylation is 1. The number of hydrogen-bond acceptors (Lipinski definition) is 7. The Hall–Kier alpha value is -4.48. The number of nitro groups is 1. The lowest BCUT2D eigenvalue weighted by molar-refractivity contribution is -0.384. The molecular formula is C27H27F2N5O5. The van der Waals surface area contributed by atoms with E-state index in [0.29, 0.717) is 30.8 Å². The Bertz CT molecular complexity index is 1520. The minimum atomic E-state index is -0.770. The summed E-state index contributed by atoms with van der Waals surface area (Å²) in [6.45, 7) is 0.344. The normalized spacial score (nSPS) is 14.7. The summed E-state index contributed by atoms with van der Waals surface area (Å²) in [6, 6.07) is 8.63. The van der Waals surface area contributed by atoms with Crippen molar-refractivity contribution in [1.82, 2.24) is 19.6 Å². The molecule has 1 unspecified atom stereocenters. The molecule has 2 aromatic carbocycles. The monoisotopic (exact) mass is 539 g/mol. The van der Waals surface area contributed by atoms with Gasteiger partial charge in [0, 0.05) is 29.9 Å². The first-order chi connectivity index (χ1) is 18.8. The summed E-state index contributed by atoms with van der Waals surface area (Å²) in [5, 5.41) is 20.7.